The topological polar surface area (TPSA) is 82.6 Å². The van der Waals surface area contributed by atoms with E-state index in [2.05, 4.69) is 47.6 Å². The summed E-state index contributed by atoms with van der Waals surface area (Å²) in [7, 11) is 4.52. The number of thioether (sulfide) groups is 1. The lowest BCUT2D eigenvalue weighted by atomic mass is 10.1. The molecule has 0 spiro atoms. The summed E-state index contributed by atoms with van der Waals surface area (Å²) < 4.78 is 16.7. The van der Waals surface area contributed by atoms with Crippen molar-refractivity contribution in [2.75, 3.05) is 26.6 Å². The highest BCUT2D eigenvalue weighted by Crippen LogP contribution is 2.38. The maximum absolute atomic E-state index is 12.7. The van der Waals surface area contributed by atoms with Crippen LogP contribution in [0, 0.1) is 13.8 Å². The summed E-state index contributed by atoms with van der Waals surface area (Å²) in [5, 5.41) is 11.5. The van der Waals surface area contributed by atoms with Crippen molar-refractivity contribution in [1.29, 1.82) is 0 Å². The Morgan fingerprint density at radius 2 is 1.73 bits per heavy atom. The predicted molar refractivity (Wildman–Crippen MR) is 119 cm³/mol. The van der Waals surface area contributed by atoms with Crippen LogP contribution in [-0.2, 0) is 5.75 Å². The van der Waals surface area contributed by atoms with Crippen molar-refractivity contribution in [3.8, 4) is 17.2 Å². The van der Waals surface area contributed by atoms with E-state index in [9.17, 15) is 4.79 Å². The summed E-state index contributed by atoms with van der Waals surface area (Å²) in [6, 6.07) is 9.58. The third-order valence-corrected chi connectivity index (χ3v) is 6.43. The van der Waals surface area contributed by atoms with E-state index >= 15 is 0 Å². The highest BCUT2D eigenvalue weighted by Gasteiger charge is 2.18. The van der Waals surface area contributed by atoms with Gasteiger partial charge in [0.05, 0.1) is 21.3 Å². The van der Waals surface area contributed by atoms with Crippen LogP contribution in [0.15, 0.2) is 34.7 Å². The van der Waals surface area contributed by atoms with E-state index < -0.39 is 0 Å². The standard InChI is InChI=1S/C21H23N3O4S2/c1-12-6-7-13(2)15(8-12)11-29-21-24-23-20(30-21)22-19(25)14-9-16(26-3)18(28-5)17(10-14)27-4/h6-10H,11H2,1-5H3,(H,22,23,25). The van der Waals surface area contributed by atoms with Crippen LogP contribution < -0.4 is 19.5 Å². The van der Waals surface area contributed by atoms with E-state index in [1.165, 1.54) is 49.4 Å². The fourth-order valence-corrected chi connectivity index (χ4v) is 4.61. The molecule has 3 aromatic rings. The smallest absolute Gasteiger partial charge is 0.257 e. The number of nitrogens with zero attached hydrogens (tertiary/aromatic N) is 2. The average Bonchev–Trinajstić information content (AvgIpc) is 3.20. The molecule has 7 nitrogen and oxygen atoms in total. The van der Waals surface area contributed by atoms with E-state index in [1.54, 1.807) is 23.9 Å². The lowest BCUT2D eigenvalue weighted by molar-refractivity contribution is 0.102. The largest absolute Gasteiger partial charge is 0.493 e. The third-order valence-electron chi connectivity index (χ3n) is 4.41. The second-order valence-electron chi connectivity index (χ2n) is 6.46. The van der Waals surface area contributed by atoms with Gasteiger partial charge in [0, 0.05) is 11.3 Å². The quantitative estimate of drug-likeness (QED) is 0.397. The van der Waals surface area contributed by atoms with E-state index in [-0.39, 0.29) is 5.91 Å². The minimum Gasteiger partial charge on any atom is -0.493 e. The van der Waals surface area contributed by atoms with Crippen molar-refractivity contribution < 1.29 is 19.0 Å². The summed E-state index contributed by atoms with van der Waals surface area (Å²) >= 11 is 2.93. The first-order chi connectivity index (χ1) is 14.4. The number of methoxy groups -OCH3 is 3. The first-order valence-corrected chi connectivity index (χ1v) is 10.9. The van der Waals surface area contributed by atoms with Gasteiger partial charge in [-0.1, -0.05) is 46.9 Å². The summed E-state index contributed by atoms with van der Waals surface area (Å²) in [5.74, 6) is 1.70. The molecule has 1 aromatic heterocycles. The Hall–Kier alpha value is -2.78. The summed E-state index contributed by atoms with van der Waals surface area (Å²) in [4.78, 5) is 12.7. The number of amides is 1. The molecule has 0 atom stereocenters. The van der Waals surface area contributed by atoms with Gasteiger partial charge in [-0.3, -0.25) is 10.1 Å². The maximum Gasteiger partial charge on any atom is 0.257 e. The minimum absolute atomic E-state index is 0.337. The molecule has 0 saturated heterocycles. The van der Waals surface area contributed by atoms with Gasteiger partial charge in [-0.15, -0.1) is 10.2 Å². The van der Waals surface area contributed by atoms with E-state index in [1.807, 2.05) is 0 Å². The van der Waals surface area contributed by atoms with Crippen LogP contribution in [0.25, 0.3) is 0 Å². The lowest BCUT2D eigenvalue weighted by Crippen LogP contribution is -2.12. The Balaban J connectivity index is 1.70. The molecule has 0 aliphatic rings. The number of hydrogen-bond acceptors (Lipinski definition) is 8. The molecule has 2 aromatic carbocycles. The molecule has 0 radical (unpaired) electrons. The van der Waals surface area contributed by atoms with Gasteiger partial charge < -0.3 is 14.2 Å². The third kappa shape index (κ3) is 5.03. The number of benzene rings is 2. The van der Waals surface area contributed by atoms with Gasteiger partial charge in [0.1, 0.15) is 0 Å². The second kappa shape index (κ2) is 9.82. The number of rotatable bonds is 8. The van der Waals surface area contributed by atoms with Gasteiger partial charge in [0.2, 0.25) is 10.9 Å². The molecule has 30 heavy (non-hydrogen) atoms. The Labute approximate surface area is 183 Å². The fraction of sp³-hybridized carbons (Fsp3) is 0.286. The normalized spacial score (nSPS) is 10.6. The monoisotopic (exact) mass is 445 g/mol. The van der Waals surface area contributed by atoms with Crippen LogP contribution in [0.3, 0.4) is 0 Å². The van der Waals surface area contributed by atoms with Crippen LogP contribution in [0.2, 0.25) is 0 Å². The minimum atomic E-state index is -0.337. The first-order valence-electron chi connectivity index (χ1n) is 9.09. The Morgan fingerprint density at radius 3 is 2.37 bits per heavy atom. The van der Waals surface area contributed by atoms with Crippen LogP contribution in [-0.4, -0.2) is 37.4 Å². The Bertz CT molecular complexity index is 1030. The van der Waals surface area contributed by atoms with Crippen molar-refractivity contribution in [2.45, 2.75) is 23.9 Å². The van der Waals surface area contributed by atoms with Gasteiger partial charge in [-0.2, -0.15) is 0 Å². The highest BCUT2D eigenvalue weighted by atomic mass is 32.2. The Kier molecular flexibility index (Phi) is 7.17. The predicted octanol–water partition coefficient (Wildman–Crippen LogP) is 4.73. The number of aromatic nitrogens is 2. The van der Waals surface area contributed by atoms with Crippen molar-refractivity contribution in [3.05, 3.63) is 52.6 Å². The molecular weight excluding hydrogens is 422 g/mol. The SMILES string of the molecule is COc1cc(C(=O)Nc2nnc(SCc3cc(C)ccc3C)s2)cc(OC)c1OC. The zero-order chi connectivity index (χ0) is 21.7. The zero-order valence-electron chi connectivity index (χ0n) is 17.4. The molecule has 3 rings (SSSR count). The average molecular weight is 446 g/mol. The van der Waals surface area contributed by atoms with Crippen LogP contribution >= 0.6 is 23.1 Å². The molecule has 1 N–H and O–H groups in total. The molecule has 0 aliphatic heterocycles. The van der Waals surface area contributed by atoms with Gasteiger partial charge >= 0.3 is 0 Å². The molecule has 0 unspecified atom stereocenters. The Morgan fingerprint density at radius 1 is 1.03 bits per heavy atom. The number of nitrogens with one attached hydrogen (secondary N) is 1. The van der Waals surface area contributed by atoms with Gasteiger partial charge in [0.15, 0.2) is 15.8 Å². The first kappa shape index (κ1) is 21.9. The number of aryl methyl sites for hydroxylation is 2. The number of carbonyl (C=O) groups is 1. The molecular formula is C21H23N3O4S2. The lowest BCUT2D eigenvalue weighted by Gasteiger charge is -2.13. The molecule has 0 saturated carbocycles. The molecule has 1 amide bonds. The number of ether oxygens (including phenoxy) is 3. The number of hydrogen-bond donors (Lipinski definition) is 1. The molecule has 158 valence electrons. The van der Waals surface area contributed by atoms with Gasteiger partial charge in [0.25, 0.3) is 5.91 Å². The van der Waals surface area contributed by atoms with Crippen molar-refractivity contribution in [3.63, 3.8) is 0 Å². The molecule has 9 heteroatoms. The molecule has 0 fully saturated rings. The van der Waals surface area contributed by atoms with Gasteiger partial charge in [-0.05, 0) is 37.1 Å². The summed E-state index contributed by atoms with van der Waals surface area (Å²) in [6.45, 7) is 4.17. The van der Waals surface area contributed by atoms with E-state index in [0.29, 0.717) is 27.9 Å². The van der Waals surface area contributed by atoms with Crippen LogP contribution in [0.5, 0.6) is 17.2 Å². The van der Waals surface area contributed by atoms with Crippen LogP contribution in [0.1, 0.15) is 27.0 Å². The van der Waals surface area contributed by atoms with E-state index in [0.717, 1.165) is 10.1 Å². The van der Waals surface area contributed by atoms with Crippen LogP contribution in [0.4, 0.5) is 5.13 Å². The second-order valence-corrected chi connectivity index (χ2v) is 8.66. The van der Waals surface area contributed by atoms with Crippen molar-refractivity contribution in [1.82, 2.24) is 10.2 Å². The van der Waals surface area contributed by atoms with E-state index in [4.69, 9.17) is 14.2 Å². The zero-order valence-corrected chi connectivity index (χ0v) is 19.1. The number of carbonyl (C=O) groups excluding carboxylic acids is 1. The highest BCUT2D eigenvalue weighted by molar-refractivity contribution is 8.00. The summed E-state index contributed by atoms with van der Waals surface area (Å²) in [5.41, 5.74) is 4.10. The summed E-state index contributed by atoms with van der Waals surface area (Å²) in [6.07, 6.45) is 0. The van der Waals surface area contributed by atoms with Crippen molar-refractivity contribution >= 4 is 34.1 Å². The molecule has 0 aliphatic carbocycles. The number of anilines is 1. The molecule has 0 bridgehead atoms. The maximum atomic E-state index is 12.7. The van der Waals surface area contributed by atoms with Gasteiger partial charge in [-0.25, -0.2) is 0 Å². The van der Waals surface area contributed by atoms with Crippen molar-refractivity contribution in [2.24, 2.45) is 0 Å². The molecule has 1 heterocycles. The fourth-order valence-electron chi connectivity index (χ4n) is 2.80.